The van der Waals surface area contributed by atoms with Crippen LogP contribution in [0.25, 0.3) is 0 Å². The van der Waals surface area contributed by atoms with Crippen LogP contribution < -0.4 is 5.73 Å². The normalized spacial score (nSPS) is 9.83. The highest BCUT2D eigenvalue weighted by atomic mass is 35.5. The van der Waals surface area contributed by atoms with Crippen molar-refractivity contribution in [3.63, 3.8) is 0 Å². The van der Waals surface area contributed by atoms with E-state index in [0.29, 0.717) is 15.7 Å². The Hall–Kier alpha value is -0.800. The zero-order chi connectivity index (χ0) is 9.14. The van der Waals surface area contributed by atoms with Crippen molar-refractivity contribution in [3.05, 3.63) is 28.0 Å². The van der Waals surface area contributed by atoms with Crippen molar-refractivity contribution < 1.29 is 4.79 Å². The Morgan fingerprint density at radius 1 is 1.58 bits per heavy atom. The molecule has 1 aromatic rings. The van der Waals surface area contributed by atoms with Crippen LogP contribution in [0.3, 0.4) is 0 Å². The van der Waals surface area contributed by atoms with Crippen LogP contribution >= 0.6 is 23.2 Å². The van der Waals surface area contributed by atoms with E-state index >= 15 is 0 Å². The molecule has 3 nitrogen and oxygen atoms in total. The van der Waals surface area contributed by atoms with E-state index in [1.807, 2.05) is 0 Å². The SMILES string of the molecule is NC(=O)Cc1cnc(Cl)cc1Cl. The molecule has 0 spiro atoms. The molecule has 0 fully saturated rings. The summed E-state index contributed by atoms with van der Waals surface area (Å²) in [5, 5.41) is 0.710. The summed E-state index contributed by atoms with van der Waals surface area (Å²) in [6.45, 7) is 0. The van der Waals surface area contributed by atoms with E-state index in [1.165, 1.54) is 12.3 Å². The topological polar surface area (TPSA) is 56.0 Å². The van der Waals surface area contributed by atoms with Gasteiger partial charge in [0.25, 0.3) is 0 Å². The molecule has 0 saturated carbocycles. The highest BCUT2D eigenvalue weighted by Crippen LogP contribution is 2.18. The van der Waals surface area contributed by atoms with Gasteiger partial charge in [0.05, 0.1) is 6.42 Å². The van der Waals surface area contributed by atoms with Crippen LogP contribution in [0.15, 0.2) is 12.3 Å². The van der Waals surface area contributed by atoms with E-state index < -0.39 is 5.91 Å². The van der Waals surface area contributed by atoms with Gasteiger partial charge in [-0.2, -0.15) is 0 Å². The average molecular weight is 205 g/mol. The molecule has 1 aromatic heterocycles. The summed E-state index contributed by atoms with van der Waals surface area (Å²) in [6.07, 6.45) is 1.53. The Morgan fingerprint density at radius 3 is 2.75 bits per heavy atom. The third kappa shape index (κ3) is 2.36. The van der Waals surface area contributed by atoms with Gasteiger partial charge in [0.15, 0.2) is 0 Å². The molecule has 2 N–H and O–H groups in total. The van der Waals surface area contributed by atoms with E-state index in [0.717, 1.165) is 0 Å². The Labute approximate surface area is 79.5 Å². The monoisotopic (exact) mass is 204 g/mol. The molecule has 0 aliphatic heterocycles. The lowest BCUT2D eigenvalue weighted by Crippen LogP contribution is -2.14. The number of hydrogen-bond donors (Lipinski definition) is 1. The molecule has 1 rings (SSSR count). The zero-order valence-electron chi connectivity index (χ0n) is 6.05. The van der Waals surface area contributed by atoms with E-state index in [-0.39, 0.29) is 6.42 Å². The number of amides is 1. The van der Waals surface area contributed by atoms with Crippen LogP contribution in [0.2, 0.25) is 10.2 Å². The molecule has 64 valence electrons. The van der Waals surface area contributed by atoms with Crippen LogP contribution in [0.4, 0.5) is 0 Å². The highest BCUT2D eigenvalue weighted by Gasteiger charge is 2.04. The van der Waals surface area contributed by atoms with Gasteiger partial charge in [0.2, 0.25) is 5.91 Å². The number of carbonyl (C=O) groups is 1. The summed E-state index contributed by atoms with van der Waals surface area (Å²) < 4.78 is 0. The average Bonchev–Trinajstić information content (AvgIpc) is 1.94. The van der Waals surface area contributed by atoms with Gasteiger partial charge in [-0.1, -0.05) is 23.2 Å². The van der Waals surface area contributed by atoms with Gasteiger partial charge in [-0.15, -0.1) is 0 Å². The van der Waals surface area contributed by atoms with Crippen LogP contribution in [0, 0.1) is 0 Å². The fourth-order valence-electron chi connectivity index (χ4n) is 0.754. The van der Waals surface area contributed by atoms with E-state index in [4.69, 9.17) is 28.9 Å². The summed E-state index contributed by atoms with van der Waals surface area (Å²) in [6, 6.07) is 1.47. The third-order valence-corrected chi connectivity index (χ3v) is 1.82. The minimum absolute atomic E-state index is 0.0863. The minimum atomic E-state index is -0.443. The predicted molar refractivity (Wildman–Crippen MR) is 47.2 cm³/mol. The van der Waals surface area contributed by atoms with Crippen molar-refractivity contribution >= 4 is 29.1 Å². The predicted octanol–water partition coefficient (Wildman–Crippen LogP) is 1.42. The number of halogens is 2. The van der Waals surface area contributed by atoms with Crippen molar-refractivity contribution in [2.24, 2.45) is 5.73 Å². The summed E-state index contributed by atoms with van der Waals surface area (Å²) >= 11 is 11.3. The van der Waals surface area contributed by atoms with Gasteiger partial charge in [-0.05, 0) is 11.6 Å². The smallest absolute Gasteiger partial charge is 0.221 e. The first kappa shape index (κ1) is 9.29. The standard InChI is InChI=1S/C7H6Cl2N2O/c8-5-2-6(9)11-3-4(5)1-7(10)12/h2-3H,1H2,(H2,10,12). The van der Waals surface area contributed by atoms with Gasteiger partial charge in [-0.3, -0.25) is 4.79 Å². The first-order valence-electron chi connectivity index (χ1n) is 3.18. The highest BCUT2D eigenvalue weighted by molar-refractivity contribution is 6.34. The maximum atomic E-state index is 10.5. The van der Waals surface area contributed by atoms with Crippen molar-refractivity contribution in [1.29, 1.82) is 0 Å². The second-order valence-electron chi connectivity index (χ2n) is 2.24. The second-order valence-corrected chi connectivity index (χ2v) is 3.04. The van der Waals surface area contributed by atoms with E-state index in [2.05, 4.69) is 4.98 Å². The molecule has 0 aliphatic carbocycles. The lowest BCUT2D eigenvalue weighted by atomic mass is 10.2. The Balaban J connectivity index is 2.93. The van der Waals surface area contributed by atoms with E-state index in [9.17, 15) is 4.79 Å². The Morgan fingerprint density at radius 2 is 2.25 bits per heavy atom. The maximum absolute atomic E-state index is 10.5. The van der Waals surface area contributed by atoms with Crippen LogP contribution in [0.5, 0.6) is 0 Å². The summed E-state index contributed by atoms with van der Waals surface area (Å²) in [5.41, 5.74) is 5.56. The summed E-state index contributed by atoms with van der Waals surface area (Å²) in [5.74, 6) is -0.443. The van der Waals surface area contributed by atoms with Gasteiger partial charge < -0.3 is 5.73 Å². The largest absolute Gasteiger partial charge is 0.369 e. The fourth-order valence-corrected chi connectivity index (χ4v) is 1.19. The van der Waals surface area contributed by atoms with Crippen molar-refractivity contribution in [2.45, 2.75) is 6.42 Å². The molecule has 0 saturated heterocycles. The number of nitrogens with two attached hydrogens (primary N) is 1. The Bertz CT molecular complexity index is 314. The quantitative estimate of drug-likeness (QED) is 0.742. The zero-order valence-corrected chi connectivity index (χ0v) is 7.56. The molecule has 1 heterocycles. The summed E-state index contributed by atoms with van der Waals surface area (Å²) in [4.78, 5) is 14.3. The van der Waals surface area contributed by atoms with Crippen LogP contribution in [0.1, 0.15) is 5.56 Å². The lowest BCUT2D eigenvalue weighted by Gasteiger charge is -1.99. The van der Waals surface area contributed by atoms with Gasteiger partial charge in [0.1, 0.15) is 5.15 Å². The molecule has 0 unspecified atom stereocenters. The van der Waals surface area contributed by atoms with Gasteiger partial charge >= 0.3 is 0 Å². The Kier molecular flexibility index (Phi) is 2.89. The minimum Gasteiger partial charge on any atom is -0.369 e. The molecule has 5 heteroatoms. The maximum Gasteiger partial charge on any atom is 0.221 e. The molecular formula is C7H6Cl2N2O. The first-order valence-corrected chi connectivity index (χ1v) is 3.93. The molecule has 0 bridgehead atoms. The van der Waals surface area contributed by atoms with E-state index in [1.54, 1.807) is 0 Å². The lowest BCUT2D eigenvalue weighted by molar-refractivity contribution is -0.117. The summed E-state index contributed by atoms with van der Waals surface area (Å²) in [7, 11) is 0. The number of nitrogens with zero attached hydrogens (tertiary/aromatic N) is 1. The number of primary amides is 1. The fraction of sp³-hybridized carbons (Fsp3) is 0.143. The molecule has 0 aromatic carbocycles. The number of pyridine rings is 1. The molecule has 0 radical (unpaired) electrons. The number of hydrogen-bond acceptors (Lipinski definition) is 2. The third-order valence-electron chi connectivity index (χ3n) is 1.26. The van der Waals surface area contributed by atoms with Crippen molar-refractivity contribution in [2.75, 3.05) is 0 Å². The van der Waals surface area contributed by atoms with Gasteiger partial charge in [-0.25, -0.2) is 4.98 Å². The van der Waals surface area contributed by atoms with Crippen LogP contribution in [-0.2, 0) is 11.2 Å². The number of rotatable bonds is 2. The molecular weight excluding hydrogens is 199 g/mol. The van der Waals surface area contributed by atoms with Crippen LogP contribution in [-0.4, -0.2) is 10.9 Å². The van der Waals surface area contributed by atoms with Crippen molar-refractivity contribution in [1.82, 2.24) is 4.98 Å². The molecule has 1 amide bonds. The first-order chi connectivity index (χ1) is 5.59. The number of carbonyl (C=O) groups excluding carboxylic acids is 1. The molecule has 12 heavy (non-hydrogen) atoms. The second kappa shape index (κ2) is 3.74. The number of aromatic nitrogens is 1. The van der Waals surface area contributed by atoms with Gasteiger partial charge in [0, 0.05) is 11.2 Å². The molecule has 0 atom stereocenters. The molecule has 0 aliphatic rings. The van der Waals surface area contributed by atoms with Crippen molar-refractivity contribution in [3.8, 4) is 0 Å².